The summed E-state index contributed by atoms with van der Waals surface area (Å²) in [7, 11) is -3.26. The zero-order valence-corrected chi connectivity index (χ0v) is 13.1. The Morgan fingerprint density at radius 1 is 1.14 bits per heavy atom. The topological polar surface area (TPSA) is 72.2 Å². The van der Waals surface area contributed by atoms with Gasteiger partial charge in [-0.05, 0) is 32.3 Å². The third-order valence-corrected chi connectivity index (χ3v) is 4.77. The molecule has 2 aromatic rings. The lowest BCUT2D eigenvalue weighted by Gasteiger charge is -2.06. The first-order chi connectivity index (χ1) is 9.98. The highest BCUT2D eigenvalue weighted by Gasteiger charge is 2.12. The molecular weight excluding hydrogens is 288 g/mol. The second-order valence-corrected chi connectivity index (χ2v) is 6.93. The second kappa shape index (κ2) is 6.87. The molecule has 0 saturated carbocycles. The van der Waals surface area contributed by atoms with Gasteiger partial charge in [0.05, 0.1) is 11.4 Å². The van der Waals surface area contributed by atoms with Crippen LogP contribution in [0.3, 0.4) is 0 Å². The normalized spacial score (nSPS) is 11.7. The Hall–Kier alpha value is -1.66. The van der Waals surface area contributed by atoms with Gasteiger partial charge in [0.1, 0.15) is 5.76 Å². The fourth-order valence-corrected chi connectivity index (χ4v) is 3.22. The molecule has 0 saturated heterocycles. The largest absolute Gasteiger partial charge is 0.361 e. The van der Waals surface area contributed by atoms with E-state index in [1.807, 2.05) is 44.2 Å². The van der Waals surface area contributed by atoms with Crippen molar-refractivity contribution in [3.8, 4) is 0 Å². The lowest BCUT2D eigenvalue weighted by molar-refractivity contribution is 0.392. The van der Waals surface area contributed by atoms with Gasteiger partial charge in [-0.1, -0.05) is 35.5 Å². The van der Waals surface area contributed by atoms with Crippen molar-refractivity contribution < 1.29 is 12.9 Å². The van der Waals surface area contributed by atoms with Crippen molar-refractivity contribution in [3.05, 3.63) is 52.9 Å². The van der Waals surface area contributed by atoms with E-state index in [9.17, 15) is 8.42 Å². The van der Waals surface area contributed by atoms with Gasteiger partial charge in [0, 0.05) is 12.1 Å². The van der Waals surface area contributed by atoms with Crippen molar-refractivity contribution in [2.24, 2.45) is 0 Å². The summed E-state index contributed by atoms with van der Waals surface area (Å²) in [5.74, 6) is 0.842. The Labute approximate surface area is 125 Å². The Kier molecular flexibility index (Phi) is 5.14. The van der Waals surface area contributed by atoms with Crippen molar-refractivity contribution in [2.45, 2.75) is 26.7 Å². The highest BCUT2D eigenvalue weighted by Crippen LogP contribution is 2.12. The molecule has 114 valence electrons. The van der Waals surface area contributed by atoms with Gasteiger partial charge in [0.25, 0.3) is 0 Å². The Balaban J connectivity index is 1.82. The predicted octanol–water partition coefficient (Wildman–Crippen LogP) is 2.00. The average molecular weight is 308 g/mol. The molecule has 0 aliphatic carbocycles. The minimum Gasteiger partial charge on any atom is -0.361 e. The van der Waals surface area contributed by atoms with Crippen LogP contribution in [0.2, 0.25) is 0 Å². The van der Waals surface area contributed by atoms with Gasteiger partial charge in [-0.25, -0.2) is 13.1 Å². The number of nitrogens with one attached hydrogen (secondary N) is 1. The number of hydrogen-bond acceptors (Lipinski definition) is 4. The predicted molar refractivity (Wildman–Crippen MR) is 81.6 cm³/mol. The number of aromatic nitrogens is 1. The standard InChI is InChI=1S/C15H20N2O3S/c1-12-15(13(2)20-17-12)8-10-16-21(18,19)11-9-14-6-4-3-5-7-14/h3-7,16H,8-11H2,1-2H3. The zero-order chi connectivity index (χ0) is 15.3. The van der Waals surface area contributed by atoms with Crippen LogP contribution in [0.15, 0.2) is 34.9 Å². The number of nitrogens with zero attached hydrogens (tertiary/aromatic N) is 1. The van der Waals surface area contributed by atoms with E-state index >= 15 is 0 Å². The number of sulfonamides is 1. The quantitative estimate of drug-likeness (QED) is 0.849. The van der Waals surface area contributed by atoms with Gasteiger partial charge < -0.3 is 4.52 Å². The fourth-order valence-electron chi connectivity index (χ4n) is 2.16. The van der Waals surface area contributed by atoms with Gasteiger partial charge >= 0.3 is 0 Å². The van der Waals surface area contributed by atoms with Gasteiger partial charge in [0.2, 0.25) is 10.0 Å². The fraction of sp³-hybridized carbons (Fsp3) is 0.400. The summed E-state index contributed by atoms with van der Waals surface area (Å²) in [4.78, 5) is 0. The molecule has 1 N–H and O–H groups in total. The summed E-state index contributed by atoms with van der Waals surface area (Å²) >= 11 is 0. The van der Waals surface area contributed by atoms with E-state index in [1.165, 1.54) is 0 Å². The number of hydrogen-bond donors (Lipinski definition) is 1. The maximum absolute atomic E-state index is 12.0. The van der Waals surface area contributed by atoms with Crippen LogP contribution in [-0.2, 0) is 22.9 Å². The SMILES string of the molecule is Cc1noc(C)c1CCNS(=O)(=O)CCc1ccccc1. The molecular formula is C15H20N2O3S. The van der Waals surface area contributed by atoms with E-state index in [2.05, 4.69) is 9.88 Å². The summed E-state index contributed by atoms with van der Waals surface area (Å²) in [6, 6.07) is 9.60. The Bertz CT molecular complexity index is 659. The number of aryl methyl sites for hydroxylation is 3. The van der Waals surface area contributed by atoms with Crippen molar-refractivity contribution in [1.29, 1.82) is 0 Å². The maximum atomic E-state index is 12.0. The smallest absolute Gasteiger partial charge is 0.211 e. The molecule has 1 heterocycles. The van der Waals surface area contributed by atoms with Crippen LogP contribution in [0, 0.1) is 13.8 Å². The summed E-state index contributed by atoms with van der Waals surface area (Å²) < 4.78 is 31.6. The molecule has 0 bridgehead atoms. The summed E-state index contributed by atoms with van der Waals surface area (Å²) in [6.45, 7) is 4.05. The van der Waals surface area contributed by atoms with Crippen LogP contribution in [0.4, 0.5) is 0 Å². The van der Waals surface area contributed by atoms with E-state index in [0.717, 1.165) is 22.6 Å². The first kappa shape index (κ1) is 15.7. The third-order valence-electron chi connectivity index (χ3n) is 3.38. The zero-order valence-electron chi connectivity index (χ0n) is 12.3. The first-order valence-electron chi connectivity index (χ1n) is 6.91. The minimum atomic E-state index is -3.26. The molecule has 0 fully saturated rings. The molecule has 0 radical (unpaired) electrons. The van der Waals surface area contributed by atoms with Crippen molar-refractivity contribution >= 4 is 10.0 Å². The van der Waals surface area contributed by atoms with E-state index < -0.39 is 10.0 Å². The highest BCUT2D eigenvalue weighted by atomic mass is 32.2. The third kappa shape index (κ3) is 4.68. The maximum Gasteiger partial charge on any atom is 0.211 e. The molecule has 0 aliphatic rings. The summed E-state index contributed by atoms with van der Waals surface area (Å²) in [5.41, 5.74) is 2.81. The molecule has 1 aromatic heterocycles. The van der Waals surface area contributed by atoms with Crippen molar-refractivity contribution in [3.63, 3.8) is 0 Å². The van der Waals surface area contributed by atoms with Crippen LogP contribution in [-0.4, -0.2) is 25.9 Å². The Morgan fingerprint density at radius 2 is 1.86 bits per heavy atom. The second-order valence-electron chi connectivity index (χ2n) is 5.00. The monoisotopic (exact) mass is 308 g/mol. The van der Waals surface area contributed by atoms with Gasteiger partial charge in [-0.3, -0.25) is 0 Å². The van der Waals surface area contributed by atoms with E-state index in [4.69, 9.17) is 4.52 Å². The van der Waals surface area contributed by atoms with Crippen LogP contribution in [0.1, 0.15) is 22.6 Å². The highest BCUT2D eigenvalue weighted by molar-refractivity contribution is 7.89. The average Bonchev–Trinajstić information content (AvgIpc) is 2.78. The van der Waals surface area contributed by atoms with E-state index in [0.29, 0.717) is 19.4 Å². The summed E-state index contributed by atoms with van der Waals surface area (Å²) in [5, 5.41) is 3.86. The molecule has 5 nitrogen and oxygen atoms in total. The van der Waals surface area contributed by atoms with Gasteiger partial charge in [-0.15, -0.1) is 0 Å². The lowest BCUT2D eigenvalue weighted by atomic mass is 10.1. The van der Waals surface area contributed by atoms with Crippen molar-refractivity contribution in [2.75, 3.05) is 12.3 Å². The molecule has 1 aromatic carbocycles. The van der Waals surface area contributed by atoms with Gasteiger partial charge in [0.15, 0.2) is 0 Å². The minimum absolute atomic E-state index is 0.0958. The van der Waals surface area contributed by atoms with Gasteiger partial charge in [-0.2, -0.15) is 0 Å². The molecule has 2 rings (SSSR count). The Morgan fingerprint density at radius 3 is 2.48 bits per heavy atom. The van der Waals surface area contributed by atoms with E-state index in [1.54, 1.807) is 0 Å². The molecule has 6 heteroatoms. The van der Waals surface area contributed by atoms with E-state index in [-0.39, 0.29) is 5.75 Å². The van der Waals surface area contributed by atoms with Crippen LogP contribution >= 0.6 is 0 Å². The first-order valence-corrected chi connectivity index (χ1v) is 8.56. The molecule has 0 atom stereocenters. The van der Waals surface area contributed by atoms with Crippen molar-refractivity contribution in [1.82, 2.24) is 9.88 Å². The van der Waals surface area contributed by atoms with Crippen LogP contribution in [0.5, 0.6) is 0 Å². The number of rotatable bonds is 7. The summed E-state index contributed by atoms with van der Waals surface area (Å²) in [6.07, 6.45) is 1.10. The molecule has 0 unspecified atom stereocenters. The number of benzene rings is 1. The molecule has 0 spiro atoms. The molecule has 0 aliphatic heterocycles. The van der Waals surface area contributed by atoms with Crippen LogP contribution in [0.25, 0.3) is 0 Å². The van der Waals surface area contributed by atoms with Crippen LogP contribution < -0.4 is 4.72 Å². The lowest BCUT2D eigenvalue weighted by Crippen LogP contribution is -2.29. The molecule has 0 amide bonds. The molecule has 21 heavy (non-hydrogen) atoms.